The van der Waals surface area contributed by atoms with E-state index in [0.717, 1.165) is 11.1 Å². The molecule has 5 atom stereocenters. The van der Waals surface area contributed by atoms with Crippen molar-refractivity contribution >= 4 is 23.5 Å². The summed E-state index contributed by atoms with van der Waals surface area (Å²) in [5.74, 6) is -2.42. The van der Waals surface area contributed by atoms with Gasteiger partial charge in [0.25, 0.3) is 0 Å². The normalized spacial score (nSPS) is 31.6. The molecule has 1 aromatic rings. The molecule has 0 aromatic heterocycles. The van der Waals surface area contributed by atoms with Gasteiger partial charge in [0, 0.05) is 18.8 Å². The average molecular weight is 473 g/mol. The van der Waals surface area contributed by atoms with Gasteiger partial charge in [-0.15, -0.1) is 0 Å². The van der Waals surface area contributed by atoms with Crippen molar-refractivity contribution in [3.8, 4) is 0 Å². The van der Waals surface area contributed by atoms with E-state index in [1.165, 1.54) is 0 Å². The molecule has 1 aromatic carbocycles. The molecule has 0 saturated carbocycles. The zero-order valence-electron chi connectivity index (χ0n) is 20.6. The van der Waals surface area contributed by atoms with E-state index in [1.807, 2.05) is 39.0 Å². The number of nitrogens with zero attached hydrogens (tertiary/aromatic N) is 1. The van der Waals surface area contributed by atoms with Crippen LogP contribution in [-0.2, 0) is 23.9 Å². The van der Waals surface area contributed by atoms with Crippen molar-refractivity contribution in [1.82, 2.24) is 4.90 Å². The number of benzene rings is 1. The number of ether oxygens (including phenoxy) is 2. The average Bonchev–Trinajstić information content (AvgIpc) is 3.40. The van der Waals surface area contributed by atoms with Crippen molar-refractivity contribution < 1.29 is 29.0 Å². The number of aliphatic hydroxyl groups is 1. The van der Waals surface area contributed by atoms with Gasteiger partial charge in [0.2, 0.25) is 11.8 Å². The predicted molar refractivity (Wildman–Crippen MR) is 126 cm³/mol. The lowest BCUT2D eigenvalue weighted by Gasteiger charge is -2.33. The highest BCUT2D eigenvalue weighted by Gasteiger charge is 2.78. The van der Waals surface area contributed by atoms with Crippen LogP contribution in [0.2, 0.25) is 0 Å². The van der Waals surface area contributed by atoms with E-state index in [1.54, 1.807) is 11.8 Å². The zero-order chi connectivity index (χ0) is 24.7. The van der Waals surface area contributed by atoms with Crippen molar-refractivity contribution in [2.45, 2.75) is 77.0 Å². The number of rotatable bonds is 9. The number of carbonyl (C=O) groups is 3. The largest absolute Gasteiger partial charge is 0.466 e. The van der Waals surface area contributed by atoms with Crippen LogP contribution in [0.1, 0.15) is 57.1 Å². The SMILES string of the molecule is CCOC(=O)[C@@H]1[C@H]2C(=O)N(CCCCO)C(C(=O)Nc3cc(C)ccc3C)C23CC[C@@]1(CC)O3. The molecule has 3 heterocycles. The Bertz CT molecular complexity index is 980. The highest BCUT2D eigenvalue weighted by Crippen LogP contribution is 2.64. The summed E-state index contributed by atoms with van der Waals surface area (Å²) in [7, 11) is 0. The molecule has 2 unspecified atom stereocenters. The smallest absolute Gasteiger partial charge is 0.312 e. The molecule has 0 radical (unpaired) electrons. The van der Waals surface area contributed by atoms with Gasteiger partial charge in [-0.3, -0.25) is 14.4 Å². The number of aryl methyl sites for hydroxylation is 2. The standard InChI is InChI=1S/C26H36N2O6/c1-5-25-11-12-26(34-25)19(20(25)24(32)33-6-2)23(31)28(13-7-8-14-29)21(26)22(30)27-18-15-16(3)9-10-17(18)4/h9-10,15,19-21,29H,5-8,11-14H2,1-4H3,(H,27,30)/t19-,20-,21?,25+,26?/m0/s1. The molecule has 3 aliphatic heterocycles. The van der Waals surface area contributed by atoms with Gasteiger partial charge in [0.1, 0.15) is 17.6 Å². The molecule has 8 heteroatoms. The fraction of sp³-hybridized carbons (Fsp3) is 0.654. The second-order valence-electron chi connectivity index (χ2n) is 9.86. The third kappa shape index (κ3) is 3.71. The van der Waals surface area contributed by atoms with Crippen LogP contribution >= 0.6 is 0 Å². The van der Waals surface area contributed by atoms with E-state index in [4.69, 9.17) is 9.47 Å². The Morgan fingerprint density at radius 3 is 2.68 bits per heavy atom. The number of unbranched alkanes of at least 4 members (excludes halogenated alkanes) is 1. The minimum Gasteiger partial charge on any atom is -0.466 e. The molecule has 1 spiro atoms. The number of aliphatic hydroxyl groups excluding tert-OH is 1. The Morgan fingerprint density at radius 2 is 2.00 bits per heavy atom. The van der Waals surface area contributed by atoms with Crippen LogP contribution in [0.4, 0.5) is 5.69 Å². The number of fused-ring (bicyclic) bond motifs is 1. The molecule has 186 valence electrons. The Morgan fingerprint density at radius 1 is 1.24 bits per heavy atom. The van der Waals surface area contributed by atoms with Crippen molar-refractivity contribution in [3.63, 3.8) is 0 Å². The number of amides is 2. The third-order valence-corrected chi connectivity index (χ3v) is 7.93. The van der Waals surface area contributed by atoms with Crippen LogP contribution in [0.25, 0.3) is 0 Å². The lowest BCUT2D eigenvalue weighted by atomic mass is 9.65. The summed E-state index contributed by atoms with van der Waals surface area (Å²) in [6.07, 6.45) is 2.79. The minimum absolute atomic E-state index is 0.0108. The fourth-order valence-electron chi connectivity index (χ4n) is 6.32. The van der Waals surface area contributed by atoms with Gasteiger partial charge in [-0.05, 0) is 70.1 Å². The maximum atomic E-state index is 13.8. The van der Waals surface area contributed by atoms with E-state index in [2.05, 4.69) is 5.32 Å². The Kier molecular flexibility index (Phi) is 6.75. The summed E-state index contributed by atoms with van der Waals surface area (Å²) in [5, 5.41) is 12.3. The number of likely N-dealkylation sites (tertiary alicyclic amines) is 1. The number of anilines is 1. The van der Waals surface area contributed by atoms with Gasteiger partial charge >= 0.3 is 5.97 Å². The van der Waals surface area contributed by atoms with Crippen molar-refractivity contribution in [3.05, 3.63) is 29.3 Å². The fourth-order valence-corrected chi connectivity index (χ4v) is 6.32. The highest BCUT2D eigenvalue weighted by atomic mass is 16.6. The molecule has 3 saturated heterocycles. The van der Waals surface area contributed by atoms with Crippen LogP contribution in [0.5, 0.6) is 0 Å². The first-order chi connectivity index (χ1) is 16.2. The summed E-state index contributed by atoms with van der Waals surface area (Å²) >= 11 is 0. The monoisotopic (exact) mass is 472 g/mol. The van der Waals surface area contributed by atoms with E-state index < -0.39 is 35.0 Å². The molecule has 8 nitrogen and oxygen atoms in total. The van der Waals surface area contributed by atoms with Gasteiger partial charge < -0.3 is 24.8 Å². The van der Waals surface area contributed by atoms with Crippen LogP contribution in [0.3, 0.4) is 0 Å². The molecule has 4 rings (SSSR count). The topological polar surface area (TPSA) is 105 Å². The van der Waals surface area contributed by atoms with Crippen molar-refractivity contribution in [2.24, 2.45) is 11.8 Å². The molecular formula is C26H36N2O6. The molecule has 0 aliphatic carbocycles. The first kappa shape index (κ1) is 24.7. The van der Waals surface area contributed by atoms with E-state index >= 15 is 0 Å². The van der Waals surface area contributed by atoms with E-state index in [-0.39, 0.29) is 25.0 Å². The number of hydrogen-bond donors (Lipinski definition) is 2. The van der Waals surface area contributed by atoms with Crippen LogP contribution < -0.4 is 5.32 Å². The number of hydrogen-bond acceptors (Lipinski definition) is 6. The molecule has 2 bridgehead atoms. The molecule has 34 heavy (non-hydrogen) atoms. The number of esters is 1. The lowest BCUT2D eigenvalue weighted by Crippen LogP contribution is -2.53. The molecule has 3 aliphatic rings. The summed E-state index contributed by atoms with van der Waals surface area (Å²) in [6.45, 7) is 8.15. The van der Waals surface area contributed by atoms with Crippen LogP contribution in [0, 0.1) is 25.7 Å². The first-order valence-electron chi connectivity index (χ1n) is 12.4. The van der Waals surface area contributed by atoms with Gasteiger partial charge in [0.05, 0.1) is 18.1 Å². The van der Waals surface area contributed by atoms with Crippen LogP contribution in [0.15, 0.2) is 18.2 Å². The third-order valence-electron chi connectivity index (χ3n) is 7.93. The number of nitrogens with one attached hydrogen (secondary N) is 1. The maximum Gasteiger partial charge on any atom is 0.312 e. The minimum atomic E-state index is -1.06. The Hall–Kier alpha value is -2.45. The van der Waals surface area contributed by atoms with Gasteiger partial charge in [-0.1, -0.05) is 19.1 Å². The van der Waals surface area contributed by atoms with Gasteiger partial charge in [-0.2, -0.15) is 0 Å². The lowest BCUT2D eigenvalue weighted by molar-refractivity contribution is -0.160. The second-order valence-corrected chi connectivity index (χ2v) is 9.86. The second kappa shape index (κ2) is 9.30. The highest BCUT2D eigenvalue weighted by molar-refractivity contribution is 6.03. The molecule has 2 N–H and O–H groups in total. The van der Waals surface area contributed by atoms with Gasteiger partial charge in [0.15, 0.2) is 0 Å². The summed E-state index contributed by atoms with van der Waals surface area (Å²) in [5.41, 5.74) is 0.791. The molecule has 3 fully saturated rings. The summed E-state index contributed by atoms with van der Waals surface area (Å²) in [4.78, 5) is 42.3. The number of carbonyl (C=O) groups excluding carboxylic acids is 3. The maximum absolute atomic E-state index is 13.8. The van der Waals surface area contributed by atoms with E-state index in [9.17, 15) is 19.5 Å². The van der Waals surface area contributed by atoms with E-state index in [0.29, 0.717) is 44.3 Å². The van der Waals surface area contributed by atoms with Crippen LogP contribution in [-0.4, -0.2) is 64.8 Å². The first-order valence-corrected chi connectivity index (χ1v) is 12.4. The zero-order valence-corrected chi connectivity index (χ0v) is 20.6. The quantitative estimate of drug-likeness (QED) is 0.423. The Labute approximate surface area is 201 Å². The van der Waals surface area contributed by atoms with Crippen molar-refractivity contribution in [1.29, 1.82) is 0 Å². The summed E-state index contributed by atoms with van der Waals surface area (Å²) < 4.78 is 12.0. The molecular weight excluding hydrogens is 436 g/mol. The summed E-state index contributed by atoms with van der Waals surface area (Å²) in [6, 6.07) is 5.00. The van der Waals surface area contributed by atoms with Gasteiger partial charge in [-0.25, -0.2) is 0 Å². The Balaban J connectivity index is 1.74. The molecule has 2 amide bonds. The van der Waals surface area contributed by atoms with Crippen molar-refractivity contribution in [2.75, 3.05) is 25.1 Å². The predicted octanol–water partition coefficient (Wildman–Crippen LogP) is 2.73.